The highest BCUT2D eigenvalue weighted by molar-refractivity contribution is 6.35. The van der Waals surface area contributed by atoms with Gasteiger partial charge in [0.25, 0.3) is 5.69 Å². The Balaban J connectivity index is 1.66. The van der Waals surface area contributed by atoms with Crippen molar-refractivity contribution in [2.45, 2.75) is 19.8 Å². The van der Waals surface area contributed by atoms with Crippen LogP contribution in [0.2, 0.25) is 5.02 Å². The zero-order valence-corrected chi connectivity index (χ0v) is 15.4. The van der Waals surface area contributed by atoms with Crippen LogP contribution < -0.4 is 4.90 Å². The molecule has 0 unspecified atom stereocenters. The Morgan fingerprint density at radius 1 is 1.00 bits per heavy atom. The van der Waals surface area contributed by atoms with Crippen molar-refractivity contribution in [2.75, 3.05) is 44.2 Å². The van der Waals surface area contributed by atoms with Gasteiger partial charge in [0, 0.05) is 51.4 Å². The number of piperazine rings is 1. The van der Waals surface area contributed by atoms with Crippen LogP contribution in [0.25, 0.3) is 0 Å². The molecule has 2 saturated heterocycles. The highest BCUT2D eigenvalue weighted by atomic mass is 35.5. The molecule has 2 aliphatic heterocycles. The number of rotatable bonds is 2. The third-order valence-electron chi connectivity index (χ3n) is 4.91. The smallest absolute Gasteiger partial charge is 0.312 e. The summed E-state index contributed by atoms with van der Waals surface area (Å²) in [6, 6.07) is 2.84. The van der Waals surface area contributed by atoms with E-state index >= 15 is 0 Å². The lowest BCUT2D eigenvalue weighted by Crippen LogP contribution is -2.53. The maximum absolute atomic E-state index is 12.4. The summed E-state index contributed by atoms with van der Waals surface area (Å²) in [6.45, 7) is 4.98. The molecule has 2 amide bonds. The number of benzene rings is 1. The molecular formula is C17H21ClN4O4. The van der Waals surface area contributed by atoms with E-state index in [0.29, 0.717) is 44.3 Å². The van der Waals surface area contributed by atoms with Crippen LogP contribution in [-0.4, -0.2) is 65.8 Å². The molecule has 0 bridgehead atoms. The number of carbonyl (C=O) groups is 2. The van der Waals surface area contributed by atoms with Crippen LogP contribution in [0.1, 0.15) is 18.4 Å². The maximum atomic E-state index is 12.4. The molecule has 0 atom stereocenters. The highest BCUT2D eigenvalue weighted by Crippen LogP contribution is 2.34. The number of hydrogen-bond acceptors (Lipinski definition) is 5. The van der Waals surface area contributed by atoms with E-state index in [2.05, 4.69) is 0 Å². The highest BCUT2D eigenvalue weighted by Gasteiger charge is 2.31. The predicted molar refractivity (Wildman–Crippen MR) is 97.5 cm³/mol. The molecule has 2 heterocycles. The number of halogens is 1. The Labute approximate surface area is 156 Å². The first-order chi connectivity index (χ1) is 12.4. The van der Waals surface area contributed by atoms with Gasteiger partial charge in [-0.3, -0.25) is 19.7 Å². The zero-order valence-electron chi connectivity index (χ0n) is 14.6. The minimum absolute atomic E-state index is 0.0405. The molecule has 2 aliphatic rings. The Morgan fingerprint density at radius 3 is 2.04 bits per heavy atom. The van der Waals surface area contributed by atoms with Gasteiger partial charge in [-0.25, -0.2) is 0 Å². The first-order valence-electron chi connectivity index (χ1n) is 8.66. The molecule has 0 N–H and O–H groups in total. The lowest BCUT2D eigenvalue weighted by molar-refractivity contribution is -0.384. The standard InChI is InChI=1S/C17H21ClN4O4/c1-12-10-13(22(25)26)11-14(18)15(12)19-6-8-21(9-7-19)17(24)16(23)20-4-2-3-5-20/h10-11H,2-9H2,1H3. The summed E-state index contributed by atoms with van der Waals surface area (Å²) in [7, 11) is 0. The van der Waals surface area contributed by atoms with E-state index in [-0.39, 0.29) is 5.69 Å². The minimum Gasteiger partial charge on any atom is -0.367 e. The van der Waals surface area contributed by atoms with Gasteiger partial charge in [0.2, 0.25) is 0 Å². The molecular weight excluding hydrogens is 360 g/mol. The first kappa shape index (κ1) is 18.4. The quantitative estimate of drug-likeness (QED) is 0.444. The van der Waals surface area contributed by atoms with Gasteiger partial charge >= 0.3 is 11.8 Å². The van der Waals surface area contributed by atoms with Gasteiger partial charge in [0.15, 0.2) is 0 Å². The third kappa shape index (κ3) is 3.60. The normalized spacial score (nSPS) is 17.5. The molecule has 1 aromatic rings. The van der Waals surface area contributed by atoms with Crippen LogP contribution >= 0.6 is 11.6 Å². The van der Waals surface area contributed by atoms with Gasteiger partial charge in [-0.1, -0.05) is 11.6 Å². The monoisotopic (exact) mass is 380 g/mol. The van der Waals surface area contributed by atoms with Gasteiger partial charge in [0.05, 0.1) is 15.6 Å². The molecule has 0 saturated carbocycles. The van der Waals surface area contributed by atoms with Gasteiger partial charge in [-0.2, -0.15) is 0 Å². The number of aryl methyl sites for hydroxylation is 1. The molecule has 140 valence electrons. The molecule has 0 spiro atoms. The van der Waals surface area contributed by atoms with Crippen LogP contribution in [-0.2, 0) is 9.59 Å². The van der Waals surface area contributed by atoms with Crippen molar-refractivity contribution in [2.24, 2.45) is 0 Å². The number of hydrogen-bond donors (Lipinski definition) is 0. The minimum atomic E-state index is -0.469. The van der Waals surface area contributed by atoms with Crippen molar-refractivity contribution < 1.29 is 14.5 Å². The van der Waals surface area contributed by atoms with E-state index in [0.717, 1.165) is 24.1 Å². The zero-order chi connectivity index (χ0) is 18.8. The number of nitrogens with zero attached hydrogens (tertiary/aromatic N) is 4. The number of amides is 2. The maximum Gasteiger partial charge on any atom is 0.312 e. The second-order valence-corrected chi connectivity index (χ2v) is 7.04. The first-order valence-corrected chi connectivity index (χ1v) is 9.04. The van der Waals surface area contributed by atoms with Crippen molar-refractivity contribution in [1.29, 1.82) is 0 Å². The fourth-order valence-corrected chi connectivity index (χ4v) is 3.93. The predicted octanol–water partition coefficient (Wildman–Crippen LogP) is 1.83. The summed E-state index contributed by atoms with van der Waals surface area (Å²) in [5.41, 5.74) is 1.42. The largest absolute Gasteiger partial charge is 0.367 e. The van der Waals surface area contributed by atoms with Crippen LogP contribution in [0, 0.1) is 17.0 Å². The van der Waals surface area contributed by atoms with E-state index in [1.165, 1.54) is 12.1 Å². The number of anilines is 1. The van der Waals surface area contributed by atoms with Gasteiger partial charge in [0.1, 0.15) is 0 Å². The van der Waals surface area contributed by atoms with Crippen molar-refractivity contribution in [3.05, 3.63) is 32.8 Å². The Bertz CT molecular complexity index is 717. The Hall–Kier alpha value is -2.35. The summed E-state index contributed by atoms with van der Waals surface area (Å²) in [5.74, 6) is -0.862. The average Bonchev–Trinajstić information content (AvgIpc) is 3.15. The summed E-state index contributed by atoms with van der Waals surface area (Å²) < 4.78 is 0. The van der Waals surface area contributed by atoms with Crippen LogP contribution in [0.15, 0.2) is 12.1 Å². The van der Waals surface area contributed by atoms with Gasteiger partial charge in [-0.05, 0) is 25.3 Å². The number of likely N-dealkylation sites (tertiary alicyclic amines) is 1. The molecule has 1 aromatic carbocycles. The summed E-state index contributed by atoms with van der Waals surface area (Å²) in [4.78, 5) is 40.3. The van der Waals surface area contributed by atoms with Gasteiger partial charge in [-0.15, -0.1) is 0 Å². The summed E-state index contributed by atoms with van der Waals surface area (Å²) >= 11 is 6.26. The summed E-state index contributed by atoms with van der Waals surface area (Å²) in [6.07, 6.45) is 1.90. The van der Waals surface area contributed by atoms with E-state index < -0.39 is 16.7 Å². The van der Waals surface area contributed by atoms with Crippen molar-refractivity contribution in [3.8, 4) is 0 Å². The van der Waals surface area contributed by atoms with Crippen molar-refractivity contribution in [3.63, 3.8) is 0 Å². The fourth-order valence-electron chi connectivity index (χ4n) is 3.55. The number of nitro groups is 1. The second-order valence-electron chi connectivity index (χ2n) is 6.63. The van der Waals surface area contributed by atoms with Crippen molar-refractivity contribution >= 4 is 34.8 Å². The molecule has 2 fully saturated rings. The molecule has 3 rings (SSSR count). The average molecular weight is 381 g/mol. The number of nitro benzene ring substituents is 1. The van der Waals surface area contributed by atoms with E-state index in [4.69, 9.17) is 11.6 Å². The summed E-state index contributed by atoms with van der Waals surface area (Å²) in [5, 5.41) is 11.3. The number of carbonyl (C=O) groups excluding carboxylic acids is 2. The lowest BCUT2D eigenvalue weighted by Gasteiger charge is -2.37. The second kappa shape index (κ2) is 7.49. The van der Waals surface area contributed by atoms with E-state index in [9.17, 15) is 19.7 Å². The Kier molecular flexibility index (Phi) is 5.31. The van der Waals surface area contributed by atoms with Crippen LogP contribution in [0.5, 0.6) is 0 Å². The topological polar surface area (TPSA) is 87.0 Å². The van der Waals surface area contributed by atoms with E-state index in [1.54, 1.807) is 16.7 Å². The third-order valence-corrected chi connectivity index (χ3v) is 5.20. The number of non-ortho nitro benzene ring substituents is 1. The van der Waals surface area contributed by atoms with Gasteiger partial charge < -0.3 is 14.7 Å². The molecule has 0 aromatic heterocycles. The lowest BCUT2D eigenvalue weighted by atomic mass is 10.1. The molecule has 0 radical (unpaired) electrons. The molecule has 0 aliphatic carbocycles. The van der Waals surface area contributed by atoms with Crippen LogP contribution in [0.4, 0.5) is 11.4 Å². The van der Waals surface area contributed by atoms with Crippen LogP contribution in [0.3, 0.4) is 0 Å². The molecule has 8 nitrogen and oxygen atoms in total. The Morgan fingerprint density at radius 2 is 1.54 bits per heavy atom. The fraction of sp³-hybridized carbons (Fsp3) is 0.529. The molecule has 26 heavy (non-hydrogen) atoms. The van der Waals surface area contributed by atoms with Crippen molar-refractivity contribution in [1.82, 2.24) is 9.80 Å². The van der Waals surface area contributed by atoms with E-state index in [1.807, 2.05) is 4.90 Å². The SMILES string of the molecule is Cc1cc([N+](=O)[O-])cc(Cl)c1N1CCN(C(=O)C(=O)N2CCCC2)CC1. The molecule has 9 heteroatoms.